The quantitative estimate of drug-likeness (QED) is 0.676. The summed E-state index contributed by atoms with van der Waals surface area (Å²) in [6.07, 6.45) is 1.92. The van der Waals surface area contributed by atoms with Gasteiger partial charge < -0.3 is 15.2 Å². The predicted octanol–water partition coefficient (Wildman–Crippen LogP) is 1.79. The largest absolute Gasteiger partial charge is 0.481 e. The monoisotopic (exact) mass is 279 g/mol. The SMILES string of the molecule is CCCCOCC(=O)NCC(C(=O)O)c1ccccc1. The molecule has 20 heavy (non-hydrogen) atoms. The number of rotatable bonds is 9. The average molecular weight is 279 g/mol. The van der Waals surface area contributed by atoms with Crippen LogP contribution in [0.3, 0.4) is 0 Å². The molecule has 0 saturated carbocycles. The summed E-state index contributed by atoms with van der Waals surface area (Å²) in [7, 11) is 0. The number of carboxylic acids is 1. The topological polar surface area (TPSA) is 75.6 Å². The zero-order chi connectivity index (χ0) is 14.8. The molecule has 0 saturated heterocycles. The van der Waals surface area contributed by atoms with E-state index < -0.39 is 11.9 Å². The lowest BCUT2D eigenvalue weighted by Crippen LogP contribution is -2.34. The van der Waals surface area contributed by atoms with Crippen LogP contribution in [0.15, 0.2) is 30.3 Å². The summed E-state index contributed by atoms with van der Waals surface area (Å²) in [4.78, 5) is 22.8. The molecule has 0 bridgehead atoms. The maximum atomic E-state index is 11.5. The Bertz CT molecular complexity index is 419. The lowest BCUT2D eigenvalue weighted by molar-refractivity contribution is -0.138. The number of carbonyl (C=O) groups excluding carboxylic acids is 1. The standard InChI is InChI=1S/C15H21NO4/c1-2-3-9-20-11-14(17)16-10-13(15(18)19)12-7-5-4-6-8-12/h4-8,13H,2-3,9-11H2,1H3,(H,16,17)(H,18,19). The zero-order valence-corrected chi connectivity index (χ0v) is 11.7. The van der Waals surface area contributed by atoms with Crippen molar-refractivity contribution in [2.24, 2.45) is 0 Å². The lowest BCUT2D eigenvalue weighted by atomic mass is 9.99. The number of aliphatic carboxylic acids is 1. The molecule has 5 heteroatoms. The van der Waals surface area contributed by atoms with Crippen LogP contribution < -0.4 is 5.32 Å². The van der Waals surface area contributed by atoms with Crippen molar-refractivity contribution in [3.63, 3.8) is 0 Å². The Morgan fingerprint density at radius 1 is 1.30 bits per heavy atom. The molecular weight excluding hydrogens is 258 g/mol. The van der Waals surface area contributed by atoms with Gasteiger partial charge in [0.25, 0.3) is 0 Å². The Hall–Kier alpha value is -1.88. The Kier molecular flexibility index (Phi) is 7.35. The molecule has 0 heterocycles. The van der Waals surface area contributed by atoms with Crippen molar-refractivity contribution >= 4 is 11.9 Å². The number of amides is 1. The predicted molar refractivity (Wildman–Crippen MR) is 75.6 cm³/mol. The molecule has 1 aromatic carbocycles. The summed E-state index contributed by atoms with van der Waals surface area (Å²) in [5.74, 6) is -1.98. The highest BCUT2D eigenvalue weighted by molar-refractivity contribution is 5.80. The van der Waals surface area contributed by atoms with Gasteiger partial charge in [-0.3, -0.25) is 9.59 Å². The first-order valence-electron chi connectivity index (χ1n) is 6.77. The molecular formula is C15H21NO4. The van der Waals surface area contributed by atoms with Gasteiger partial charge in [0.2, 0.25) is 5.91 Å². The smallest absolute Gasteiger partial charge is 0.312 e. The minimum atomic E-state index is -0.955. The number of benzene rings is 1. The first-order valence-corrected chi connectivity index (χ1v) is 6.77. The van der Waals surface area contributed by atoms with E-state index in [9.17, 15) is 14.7 Å². The summed E-state index contributed by atoms with van der Waals surface area (Å²) < 4.78 is 5.17. The van der Waals surface area contributed by atoms with E-state index in [2.05, 4.69) is 5.32 Å². The maximum absolute atomic E-state index is 11.5. The summed E-state index contributed by atoms with van der Waals surface area (Å²) in [6.45, 7) is 2.63. The molecule has 0 aliphatic rings. The fourth-order valence-corrected chi connectivity index (χ4v) is 1.71. The second kappa shape index (κ2) is 9.09. The molecule has 110 valence electrons. The van der Waals surface area contributed by atoms with Gasteiger partial charge in [-0.1, -0.05) is 43.7 Å². The third kappa shape index (κ3) is 5.84. The van der Waals surface area contributed by atoms with E-state index in [1.807, 2.05) is 13.0 Å². The Labute approximate surface area is 118 Å². The molecule has 2 N–H and O–H groups in total. The zero-order valence-electron chi connectivity index (χ0n) is 11.7. The summed E-state index contributed by atoms with van der Waals surface area (Å²) in [6, 6.07) is 8.86. The van der Waals surface area contributed by atoms with Gasteiger partial charge in [0.05, 0.1) is 5.92 Å². The van der Waals surface area contributed by atoms with Crippen LogP contribution in [0.25, 0.3) is 0 Å². The number of carbonyl (C=O) groups is 2. The van der Waals surface area contributed by atoms with Crippen LogP contribution in [0.1, 0.15) is 31.2 Å². The minimum Gasteiger partial charge on any atom is -0.481 e. The molecule has 0 fully saturated rings. The summed E-state index contributed by atoms with van der Waals surface area (Å²) in [5, 5.41) is 11.8. The molecule has 5 nitrogen and oxygen atoms in total. The fraction of sp³-hybridized carbons (Fsp3) is 0.467. The van der Waals surface area contributed by atoms with Crippen molar-refractivity contribution < 1.29 is 19.4 Å². The van der Waals surface area contributed by atoms with Crippen molar-refractivity contribution in [3.8, 4) is 0 Å². The van der Waals surface area contributed by atoms with E-state index in [4.69, 9.17) is 4.74 Å². The molecule has 0 aromatic heterocycles. The highest BCUT2D eigenvalue weighted by Crippen LogP contribution is 2.14. The molecule has 0 aliphatic heterocycles. The number of carboxylic acid groups (broad SMARTS) is 1. The Balaban J connectivity index is 2.40. The third-order valence-corrected chi connectivity index (χ3v) is 2.88. The lowest BCUT2D eigenvalue weighted by Gasteiger charge is -2.13. The molecule has 0 spiro atoms. The van der Waals surface area contributed by atoms with Gasteiger partial charge in [-0.15, -0.1) is 0 Å². The molecule has 1 rings (SSSR count). The number of ether oxygens (including phenoxy) is 1. The molecule has 1 aromatic rings. The average Bonchev–Trinajstić information content (AvgIpc) is 2.44. The van der Waals surface area contributed by atoms with E-state index >= 15 is 0 Å². The van der Waals surface area contributed by atoms with E-state index in [0.717, 1.165) is 12.8 Å². The second-order valence-corrected chi connectivity index (χ2v) is 4.51. The molecule has 0 aliphatic carbocycles. The van der Waals surface area contributed by atoms with Crippen LogP contribution >= 0.6 is 0 Å². The van der Waals surface area contributed by atoms with E-state index in [-0.39, 0.29) is 19.1 Å². The van der Waals surface area contributed by atoms with Crippen molar-refractivity contribution in [3.05, 3.63) is 35.9 Å². The van der Waals surface area contributed by atoms with Gasteiger partial charge >= 0.3 is 5.97 Å². The first-order chi connectivity index (χ1) is 9.65. The van der Waals surface area contributed by atoms with Crippen LogP contribution in [-0.4, -0.2) is 36.7 Å². The van der Waals surface area contributed by atoms with E-state index in [1.54, 1.807) is 24.3 Å². The molecule has 1 amide bonds. The van der Waals surface area contributed by atoms with E-state index in [1.165, 1.54) is 0 Å². The second-order valence-electron chi connectivity index (χ2n) is 4.51. The van der Waals surface area contributed by atoms with E-state index in [0.29, 0.717) is 12.2 Å². The Morgan fingerprint density at radius 3 is 2.60 bits per heavy atom. The first kappa shape index (κ1) is 16.2. The van der Waals surface area contributed by atoms with Gasteiger partial charge in [-0.25, -0.2) is 0 Å². The highest BCUT2D eigenvalue weighted by Gasteiger charge is 2.20. The van der Waals surface area contributed by atoms with Gasteiger partial charge in [0.1, 0.15) is 6.61 Å². The Morgan fingerprint density at radius 2 is 2.00 bits per heavy atom. The number of hydrogen-bond acceptors (Lipinski definition) is 3. The van der Waals surface area contributed by atoms with Crippen molar-refractivity contribution in [1.29, 1.82) is 0 Å². The van der Waals surface area contributed by atoms with Gasteiger partial charge in [0, 0.05) is 13.2 Å². The van der Waals surface area contributed by atoms with Gasteiger partial charge in [0.15, 0.2) is 0 Å². The number of nitrogens with one attached hydrogen (secondary N) is 1. The molecule has 1 atom stereocenters. The maximum Gasteiger partial charge on any atom is 0.312 e. The van der Waals surface area contributed by atoms with Crippen LogP contribution in [0.2, 0.25) is 0 Å². The minimum absolute atomic E-state index is 0.0267. The fourth-order valence-electron chi connectivity index (χ4n) is 1.71. The van der Waals surface area contributed by atoms with Gasteiger partial charge in [-0.2, -0.15) is 0 Å². The third-order valence-electron chi connectivity index (χ3n) is 2.88. The normalized spacial score (nSPS) is 11.8. The van der Waals surface area contributed by atoms with Crippen LogP contribution in [0.5, 0.6) is 0 Å². The summed E-state index contributed by atoms with van der Waals surface area (Å²) >= 11 is 0. The highest BCUT2D eigenvalue weighted by atomic mass is 16.5. The number of hydrogen-bond donors (Lipinski definition) is 2. The molecule has 1 unspecified atom stereocenters. The summed E-state index contributed by atoms with van der Waals surface area (Å²) in [5.41, 5.74) is 0.673. The van der Waals surface area contributed by atoms with Gasteiger partial charge in [-0.05, 0) is 12.0 Å². The van der Waals surface area contributed by atoms with Crippen LogP contribution in [0, 0.1) is 0 Å². The number of unbranched alkanes of at least 4 members (excludes halogenated alkanes) is 1. The molecule has 0 radical (unpaired) electrons. The van der Waals surface area contributed by atoms with Crippen LogP contribution in [-0.2, 0) is 14.3 Å². The van der Waals surface area contributed by atoms with Crippen molar-refractivity contribution in [1.82, 2.24) is 5.32 Å². The van der Waals surface area contributed by atoms with Crippen molar-refractivity contribution in [2.45, 2.75) is 25.7 Å². The van der Waals surface area contributed by atoms with Crippen LogP contribution in [0.4, 0.5) is 0 Å². The van der Waals surface area contributed by atoms with Crippen molar-refractivity contribution in [2.75, 3.05) is 19.8 Å².